The third kappa shape index (κ3) is 4.90. The number of nitrogens with zero attached hydrogens (tertiary/aromatic N) is 2. The van der Waals surface area contributed by atoms with Gasteiger partial charge in [-0.1, -0.05) is 35.3 Å². The molecule has 3 amide bonds. The molecule has 0 unspecified atom stereocenters. The van der Waals surface area contributed by atoms with Gasteiger partial charge in [0.2, 0.25) is 0 Å². The number of rotatable bonds is 7. The van der Waals surface area contributed by atoms with Gasteiger partial charge >= 0.3 is 5.97 Å². The lowest BCUT2D eigenvalue weighted by Crippen LogP contribution is -2.31. The standard InChI is InChI=1S/C19H15Cl2N3O5/c20-11-8-14(21)17(22-9-11)23-15(25)10-29-16(26)6-3-7-24-18(27)12-4-1-2-5-13(12)19(24)28/h1-2,4-5,8-9H,3,6-7,10H2,(H,22,23,25). The maximum Gasteiger partial charge on any atom is 0.306 e. The molecule has 1 N–H and O–H groups in total. The summed E-state index contributed by atoms with van der Waals surface area (Å²) in [7, 11) is 0. The molecule has 0 bridgehead atoms. The number of pyridine rings is 1. The predicted octanol–water partition coefficient (Wildman–Crippen LogP) is 2.95. The first-order valence-corrected chi connectivity index (χ1v) is 9.34. The first-order valence-electron chi connectivity index (χ1n) is 8.58. The zero-order chi connectivity index (χ0) is 21.0. The van der Waals surface area contributed by atoms with E-state index in [9.17, 15) is 19.2 Å². The molecule has 1 aromatic carbocycles. The number of carbonyl (C=O) groups is 4. The second kappa shape index (κ2) is 9.02. The van der Waals surface area contributed by atoms with Crippen molar-refractivity contribution in [3.63, 3.8) is 0 Å². The first-order chi connectivity index (χ1) is 13.9. The molecule has 1 aliphatic heterocycles. The van der Waals surface area contributed by atoms with E-state index in [1.807, 2.05) is 0 Å². The summed E-state index contributed by atoms with van der Waals surface area (Å²) in [6, 6.07) is 7.96. The van der Waals surface area contributed by atoms with E-state index in [4.69, 9.17) is 27.9 Å². The molecule has 3 rings (SSSR count). The lowest BCUT2D eigenvalue weighted by atomic mass is 10.1. The van der Waals surface area contributed by atoms with Crippen molar-refractivity contribution in [2.75, 3.05) is 18.5 Å². The highest BCUT2D eigenvalue weighted by Crippen LogP contribution is 2.23. The van der Waals surface area contributed by atoms with Crippen molar-refractivity contribution in [3.05, 3.63) is 57.7 Å². The van der Waals surface area contributed by atoms with E-state index >= 15 is 0 Å². The van der Waals surface area contributed by atoms with Crippen LogP contribution in [0.5, 0.6) is 0 Å². The number of anilines is 1. The third-order valence-corrected chi connectivity index (χ3v) is 4.57. The number of halogens is 2. The maximum atomic E-state index is 12.2. The number of nitrogens with one attached hydrogen (secondary N) is 1. The molecule has 0 atom stereocenters. The fraction of sp³-hybridized carbons (Fsp3) is 0.211. The summed E-state index contributed by atoms with van der Waals surface area (Å²) in [6.07, 6.45) is 1.48. The van der Waals surface area contributed by atoms with Crippen LogP contribution in [0.1, 0.15) is 33.6 Å². The third-order valence-electron chi connectivity index (χ3n) is 4.07. The van der Waals surface area contributed by atoms with Crippen molar-refractivity contribution in [1.82, 2.24) is 9.88 Å². The minimum absolute atomic E-state index is 0.0549. The van der Waals surface area contributed by atoms with E-state index in [0.717, 1.165) is 4.90 Å². The number of hydrogen-bond acceptors (Lipinski definition) is 6. The van der Waals surface area contributed by atoms with Crippen molar-refractivity contribution in [2.24, 2.45) is 0 Å². The number of imide groups is 1. The van der Waals surface area contributed by atoms with Crippen LogP contribution in [-0.2, 0) is 14.3 Å². The van der Waals surface area contributed by atoms with Crippen molar-refractivity contribution >= 4 is 52.7 Å². The number of esters is 1. The number of ether oxygens (including phenoxy) is 1. The zero-order valence-electron chi connectivity index (χ0n) is 15.0. The largest absolute Gasteiger partial charge is 0.456 e. The Hall–Kier alpha value is -2.97. The highest BCUT2D eigenvalue weighted by Gasteiger charge is 2.34. The molecule has 1 aromatic heterocycles. The normalized spacial score (nSPS) is 12.7. The number of benzene rings is 1. The molecule has 0 spiro atoms. The van der Waals surface area contributed by atoms with Crippen LogP contribution in [0, 0.1) is 0 Å². The van der Waals surface area contributed by atoms with Gasteiger partial charge in [0.25, 0.3) is 17.7 Å². The minimum Gasteiger partial charge on any atom is -0.456 e. The number of aromatic nitrogens is 1. The molecule has 8 nitrogen and oxygen atoms in total. The van der Waals surface area contributed by atoms with Crippen LogP contribution in [-0.4, -0.2) is 46.7 Å². The summed E-state index contributed by atoms with van der Waals surface area (Å²) in [6.45, 7) is -0.440. The summed E-state index contributed by atoms with van der Waals surface area (Å²) < 4.78 is 4.88. The second-order valence-corrected chi connectivity index (χ2v) is 6.95. The second-order valence-electron chi connectivity index (χ2n) is 6.10. The van der Waals surface area contributed by atoms with Gasteiger partial charge in [-0.15, -0.1) is 0 Å². The Kier molecular flexibility index (Phi) is 6.46. The molecule has 2 aromatic rings. The van der Waals surface area contributed by atoms with Crippen LogP contribution in [0.25, 0.3) is 0 Å². The van der Waals surface area contributed by atoms with E-state index in [0.29, 0.717) is 16.1 Å². The molecule has 29 heavy (non-hydrogen) atoms. The Labute approximate surface area is 175 Å². The average Bonchev–Trinajstić information content (AvgIpc) is 2.94. The molecule has 150 valence electrons. The SMILES string of the molecule is O=C(COC(=O)CCCN1C(=O)c2ccccc2C1=O)Nc1ncc(Cl)cc1Cl. The number of amides is 3. The van der Waals surface area contributed by atoms with E-state index in [1.165, 1.54) is 12.3 Å². The van der Waals surface area contributed by atoms with Gasteiger partial charge in [-0.05, 0) is 24.6 Å². The van der Waals surface area contributed by atoms with Crippen molar-refractivity contribution in [2.45, 2.75) is 12.8 Å². The van der Waals surface area contributed by atoms with E-state index in [-0.39, 0.29) is 42.0 Å². The van der Waals surface area contributed by atoms with Crippen LogP contribution in [0.2, 0.25) is 10.0 Å². The van der Waals surface area contributed by atoms with Gasteiger partial charge in [0.1, 0.15) is 0 Å². The molecular formula is C19H15Cl2N3O5. The van der Waals surface area contributed by atoms with Gasteiger partial charge in [-0.2, -0.15) is 0 Å². The molecule has 10 heteroatoms. The minimum atomic E-state index is -0.632. The summed E-state index contributed by atoms with van der Waals surface area (Å²) >= 11 is 11.6. The van der Waals surface area contributed by atoms with E-state index in [1.54, 1.807) is 24.3 Å². The van der Waals surface area contributed by atoms with Gasteiger partial charge in [-0.25, -0.2) is 4.98 Å². The van der Waals surface area contributed by atoms with Gasteiger partial charge < -0.3 is 10.1 Å². The lowest BCUT2D eigenvalue weighted by molar-refractivity contribution is -0.147. The van der Waals surface area contributed by atoms with Crippen molar-refractivity contribution in [3.8, 4) is 0 Å². The first kappa shape index (κ1) is 20.8. The predicted molar refractivity (Wildman–Crippen MR) is 105 cm³/mol. The summed E-state index contributed by atoms with van der Waals surface area (Å²) in [4.78, 5) is 53.1. The van der Waals surface area contributed by atoms with Crippen molar-refractivity contribution < 1.29 is 23.9 Å². The lowest BCUT2D eigenvalue weighted by Gasteiger charge is -2.13. The van der Waals surface area contributed by atoms with Gasteiger partial charge in [0, 0.05) is 19.2 Å². The highest BCUT2D eigenvalue weighted by molar-refractivity contribution is 6.36. The number of hydrogen-bond donors (Lipinski definition) is 1. The fourth-order valence-corrected chi connectivity index (χ4v) is 3.14. The molecule has 0 aliphatic carbocycles. The van der Waals surface area contributed by atoms with E-state index in [2.05, 4.69) is 10.3 Å². The monoisotopic (exact) mass is 435 g/mol. The summed E-state index contributed by atoms with van der Waals surface area (Å²) in [5, 5.41) is 2.87. The summed E-state index contributed by atoms with van der Waals surface area (Å²) in [5.41, 5.74) is 0.706. The Bertz CT molecular complexity index is 961. The Balaban J connectivity index is 1.41. The zero-order valence-corrected chi connectivity index (χ0v) is 16.5. The number of fused-ring (bicyclic) bond motifs is 1. The quantitative estimate of drug-likeness (QED) is 0.529. The highest BCUT2D eigenvalue weighted by atomic mass is 35.5. The molecule has 0 saturated heterocycles. The van der Waals surface area contributed by atoms with Crippen LogP contribution in [0.3, 0.4) is 0 Å². The fourth-order valence-electron chi connectivity index (χ4n) is 2.72. The van der Waals surface area contributed by atoms with Gasteiger partial charge in [0.05, 0.1) is 21.2 Å². The van der Waals surface area contributed by atoms with Crippen LogP contribution in [0.15, 0.2) is 36.5 Å². The Morgan fingerprint density at radius 2 is 1.76 bits per heavy atom. The maximum absolute atomic E-state index is 12.2. The van der Waals surface area contributed by atoms with Crippen LogP contribution in [0.4, 0.5) is 5.82 Å². The smallest absolute Gasteiger partial charge is 0.306 e. The molecule has 0 radical (unpaired) electrons. The van der Waals surface area contributed by atoms with Gasteiger partial charge in [-0.3, -0.25) is 24.1 Å². The topological polar surface area (TPSA) is 106 Å². The van der Waals surface area contributed by atoms with Gasteiger partial charge in [0.15, 0.2) is 12.4 Å². The summed E-state index contributed by atoms with van der Waals surface area (Å²) in [5.74, 6) is -1.92. The molecule has 0 saturated carbocycles. The Morgan fingerprint density at radius 3 is 2.38 bits per heavy atom. The van der Waals surface area contributed by atoms with E-state index < -0.39 is 18.5 Å². The molecule has 2 heterocycles. The van der Waals surface area contributed by atoms with Crippen LogP contribution >= 0.6 is 23.2 Å². The molecule has 0 fully saturated rings. The molecular weight excluding hydrogens is 421 g/mol. The van der Waals surface area contributed by atoms with Crippen LogP contribution < -0.4 is 5.32 Å². The van der Waals surface area contributed by atoms with Crippen molar-refractivity contribution in [1.29, 1.82) is 0 Å². The molecule has 1 aliphatic rings. The Morgan fingerprint density at radius 1 is 1.10 bits per heavy atom. The number of carbonyl (C=O) groups excluding carboxylic acids is 4. The average molecular weight is 436 g/mol.